The van der Waals surface area contributed by atoms with Gasteiger partial charge in [-0.05, 0) is 11.8 Å². The van der Waals surface area contributed by atoms with Gasteiger partial charge in [-0.2, -0.15) is 0 Å². The molecule has 0 spiro atoms. The molecule has 0 bridgehead atoms. The second-order valence-electron chi connectivity index (χ2n) is 6.45. The fourth-order valence-electron chi connectivity index (χ4n) is 2.16. The second kappa shape index (κ2) is 11.4. The third-order valence-electron chi connectivity index (χ3n) is 4.04. The predicted molar refractivity (Wildman–Crippen MR) is 93.9 cm³/mol. The molecule has 0 aliphatic carbocycles. The molecule has 26 heavy (non-hydrogen) atoms. The van der Waals surface area contributed by atoms with Gasteiger partial charge in [0.15, 0.2) is 0 Å². The predicted octanol–water partition coefficient (Wildman–Crippen LogP) is -1.82. The molecule has 4 unspecified atom stereocenters. The van der Waals surface area contributed by atoms with Crippen LogP contribution in [0.4, 0.5) is 0 Å². The van der Waals surface area contributed by atoms with E-state index in [9.17, 15) is 19.2 Å². The molecule has 3 amide bonds. The summed E-state index contributed by atoms with van der Waals surface area (Å²) in [6, 6.07) is -3.38. The topological polar surface area (TPSA) is 171 Å². The highest BCUT2D eigenvalue weighted by molar-refractivity contribution is 5.93. The summed E-state index contributed by atoms with van der Waals surface area (Å²) in [6.45, 7) is 5.94. The maximum absolute atomic E-state index is 12.5. The van der Waals surface area contributed by atoms with Gasteiger partial charge in [0.1, 0.15) is 18.1 Å². The van der Waals surface area contributed by atoms with Gasteiger partial charge in [-0.15, -0.1) is 0 Å². The molecule has 0 radical (unpaired) electrons. The molecule has 0 aromatic heterocycles. The number of aliphatic hydroxyl groups is 1. The average molecular weight is 374 g/mol. The van der Waals surface area contributed by atoms with E-state index in [-0.39, 0.29) is 18.4 Å². The van der Waals surface area contributed by atoms with Crippen LogP contribution < -0.4 is 21.7 Å². The number of hydrogen-bond acceptors (Lipinski definition) is 6. The largest absolute Gasteiger partial charge is 0.480 e. The van der Waals surface area contributed by atoms with E-state index in [0.29, 0.717) is 6.42 Å². The Bertz CT molecular complexity index is 511. The van der Waals surface area contributed by atoms with Crippen LogP contribution in [0.2, 0.25) is 0 Å². The second-order valence-corrected chi connectivity index (χ2v) is 6.45. The van der Waals surface area contributed by atoms with Gasteiger partial charge in [-0.25, -0.2) is 4.79 Å². The van der Waals surface area contributed by atoms with Crippen LogP contribution in [0.1, 0.15) is 34.1 Å². The lowest BCUT2D eigenvalue weighted by atomic mass is 9.96. The maximum atomic E-state index is 12.5. The molecule has 0 saturated heterocycles. The van der Waals surface area contributed by atoms with Crippen molar-refractivity contribution in [2.24, 2.45) is 17.6 Å². The van der Waals surface area contributed by atoms with Gasteiger partial charge in [0.25, 0.3) is 0 Å². The highest BCUT2D eigenvalue weighted by atomic mass is 16.4. The molecule has 0 aromatic rings. The molecule has 0 fully saturated rings. The lowest BCUT2D eigenvalue weighted by molar-refractivity contribution is -0.143. The zero-order chi connectivity index (χ0) is 20.4. The first-order chi connectivity index (χ1) is 12.1. The van der Waals surface area contributed by atoms with Crippen LogP contribution in [-0.4, -0.2) is 65.2 Å². The summed E-state index contributed by atoms with van der Waals surface area (Å²) in [7, 11) is 0. The molecule has 150 valence electrons. The van der Waals surface area contributed by atoms with E-state index in [1.54, 1.807) is 20.8 Å². The summed E-state index contributed by atoms with van der Waals surface area (Å²) in [5, 5.41) is 25.3. The van der Waals surface area contributed by atoms with Crippen molar-refractivity contribution in [1.82, 2.24) is 16.0 Å². The Morgan fingerprint density at radius 3 is 1.88 bits per heavy atom. The molecule has 10 heteroatoms. The fourth-order valence-corrected chi connectivity index (χ4v) is 2.16. The Labute approximate surface area is 152 Å². The molecule has 0 saturated carbocycles. The van der Waals surface area contributed by atoms with Gasteiger partial charge in [0.05, 0.1) is 13.2 Å². The Kier molecular flexibility index (Phi) is 10.5. The van der Waals surface area contributed by atoms with Crippen molar-refractivity contribution in [2.45, 2.75) is 52.2 Å². The van der Waals surface area contributed by atoms with Crippen molar-refractivity contribution in [3.05, 3.63) is 0 Å². The van der Waals surface area contributed by atoms with Crippen molar-refractivity contribution in [2.75, 3.05) is 13.2 Å². The standard InChI is InChI=1S/C16H30N4O6/c1-5-9(4)13(15(24)18-10(7-21)16(25)26)20-14(23)12(8(2)3)19-11(22)6-17/h8-10,12-13,21H,5-7,17H2,1-4H3,(H,18,24)(H,19,22)(H,20,23)(H,25,26). The molecular formula is C16H30N4O6. The molecule has 7 N–H and O–H groups in total. The van der Waals surface area contributed by atoms with E-state index in [1.165, 1.54) is 0 Å². The normalized spacial score (nSPS) is 15.5. The Morgan fingerprint density at radius 1 is 0.962 bits per heavy atom. The number of nitrogens with two attached hydrogens (primary N) is 1. The number of nitrogens with one attached hydrogen (secondary N) is 3. The van der Waals surface area contributed by atoms with Crippen molar-refractivity contribution < 1.29 is 29.4 Å². The summed E-state index contributed by atoms with van der Waals surface area (Å²) in [5.41, 5.74) is 5.25. The monoisotopic (exact) mass is 374 g/mol. The van der Waals surface area contributed by atoms with Gasteiger partial charge >= 0.3 is 5.97 Å². The van der Waals surface area contributed by atoms with Crippen molar-refractivity contribution >= 4 is 23.7 Å². The third kappa shape index (κ3) is 7.36. The highest BCUT2D eigenvalue weighted by Gasteiger charge is 2.32. The Balaban J connectivity index is 5.29. The quantitative estimate of drug-likeness (QED) is 0.247. The van der Waals surface area contributed by atoms with Crippen LogP contribution in [-0.2, 0) is 19.2 Å². The summed E-state index contributed by atoms with van der Waals surface area (Å²) in [4.78, 5) is 47.5. The van der Waals surface area contributed by atoms with Crippen LogP contribution >= 0.6 is 0 Å². The van der Waals surface area contributed by atoms with Gasteiger partial charge in [-0.3, -0.25) is 14.4 Å². The van der Waals surface area contributed by atoms with Crippen LogP contribution in [0.5, 0.6) is 0 Å². The van der Waals surface area contributed by atoms with Crippen molar-refractivity contribution in [3.8, 4) is 0 Å². The van der Waals surface area contributed by atoms with Crippen LogP contribution in [0.15, 0.2) is 0 Å². The molecule has 4 atom stereocenters. The van der Waals surface area contributed by atoms with E-state index in [0.717, 1.165) is 0 Å². The fraction of sp³-hybridized carbons (Fsp3) is 0.750. The first kappa shape index (κ1) is 23.8. The molecule has 0 aliphatic heterocycles. The summed E-state index contributed by atoms with van der Waals surface area (Å²) < 4.78 is 0. The number of carboxylic acid groups (broad SMARTS) is 1. The number of rotatable bonds is 11. The Hall–Kier alpha value is -2.20. The third-order valence-corrected chi connectivity index (χ3v) is 4.04. The molecule has 10 nitrogen and oxygen atoms in total. The number of carbonyl (C=O) groups excluding carboxylic acids is 3. The van der Waals surface area contributed by atoms with Gasteiger partial charge in [0.2, 0.25) is 17.7 Å². The number of amides is 3. The van der Waals surface area contributed by atoms with Gasteiger partial charge in [-0.1, -0.05) is 34.1 Å². The van der Waals surface area contributed by atoms with Crippen molar-refractivity contribution in [1.29, 1.82) is 0 Å². The summed E-state index contributed by atoms with van der Waals surface area (Å²) >= 11 is 0. The zero-order valence-corrected chi connectivity index (χ0v) is 15.6. The van der Waals surface area contributed by atoms with E-state index < -0.39 is 48.4 Å². The minimum Gasteiger partial charge on any atom is -0.480 e. The minimum atomic E-state index is -1.47. The molecular weight excluding hydrogens is 344 g/mol. The first-order valence-electron chi connectivity index (χ1n) is 8.52. The number of aliphatic hydroxyl groups excluding tert-OH is 1. The lowest BCUT2D eigenvalue weighted by Crippen LogP contribution is -2.59. The van der Waals surface area contributed by atoms with Crippen molar-refractivity contribution in [3.63, 3.8) is 0 Å². The van der Waals surface area contributed by atoms with E-state index in [2.05, 4.69) is 16.0 Å². The molecule has 0 aromatic carbocycles. The smallest absolute Gasteiger partial charge is 0.328 e. The van der Waals surface area contributed by atoms with E-state index >= 15 is 0 Å². The molecule has 0 heterocycles. The first-order valence-corrected chi connectivity index (χ1v) is 8.52. The SMILES string of the molecule is CCC(C)C(NC(=O)C(NC(=O)CN)C(C)C)C(=O)NC(CO)C(=O)O. The zero-order valence-electron chi connectivity index (χ0n) is 15.6. The number of carboxylic acids is 1. The maximum Gasteiger partial charge on any atom is 0.328 e. The van der Waals surface area contributed by atoms with Crippen LogP contribution in [0.3, 0.4) is 0 Å². The molecule has 0 aliphatic rings. The van der Waals surface area contributed by atoms with E-state index in [4.69, 9.17) is 15.9 Å². The number of carbonyl (C=O) groups is 4. The highest BCUT2D eigenvalue weighted by Crippen LogP contribution is 2.10. The lowest BCUT2D eigenvalue weighted by Gasteiger charge is -2.28. The van der Waals surface area contributed by atoms with Gasteiger partial charge in [0, 0.05) is 0 Å². The number of hydrogen-bond donors (Lipinski definition) is 6. The molecule has 0 rings (SSSR count). The van der Waals surface area contributed by atoms with Crippen LogP contribution in [0.25, 0.3) is 0 Å². The van der Waals surface area contributed by atoms with Gasteiger partial charge < -0.3 is 31.9 Å². The van der Waals surface area contributed by atoms with Crippen LogP contribution in [0, 0.1) is 11.8 Å². The summed E-state index contributed by atoms with van der Waals surface area (Å²) in [6.07, 6.45) is 0.538. The Morgan fingerprint density at radius 2 is 1.50 bits per heavy atom. The number of aliphatic carboxylic acids is 1. The minimum absolute atomic E-state index is 0.254. The average Bonchev–Trinajstić information content (AvgIpc) is 2.59. The van der Waals surface area contributed by atoms with E-state index in [1.807, 2.05) is 6.92 Å². The summed E-state index contributed by atoms with van der Waals surface area (Å²) in [5.74, 6) is -3.74.